The van der Waals surface area contributed by atoms with Crippen molar-refractivity contribution in [2.45, 2.75) is 19.4 Å². The molecule has 2 heterocycles. The second-order valence-electron chi connectivity index (χ2n) is 7.29. The number of nitrogens with one attached hydrogen (secondary N) is 1. The summed E-state index contributed by atoms with van der Waals surface area (Å²) in [4.78, 5) is 13.5. The highest BCUT2D eigenvalue weighted by molar-refractivity contribution is 5.80. The van der Waals surface area contributed by atoms with E-state index in [9.17, 15) is 0 Å². The third kappa shape index (κ3) is 4.70. The highest BCUT2D eigenvalue weighted by Gasteiger charge is 2.12. The van der Waals surface area contributed by atoms with Crippen LogP contribution in [0.15, 0.2) is 85.3 Å². The van der Waals surface area contributed by atoms with Gasteiger partial charge in [-0.15, -0.1) is 0 Å². The number of anilines is 1. The van der Waals surface area contributed by atoms with Gasteiger partial charge in [0.2, 0.25) is 5.95 Å². The molecule has 1 unspecified atom stereocenters. The molecule has 0 aliphatic heterocycles. The Bertz CT molecular complexity index is 1100. The number of hydrogen-bond acceptors (Lipinski definition) is 5. The summed E-state index contributed by atoms with van der Waals surface area (Å²) in [5.74, 6) is 0.596. The first kappa shape index (κ1) is 19.7. The zero-order valence-electron chi connectivity index (χ0n) is 17.0. The average Bonchev–Trinajstić information content (AvgIpc) is 2.80. The Labute approximate surface area is 177 Å². The maximum Gasteiger partial charge on any atom is 0.223 e. The molecular formula is C25H25N5. The van der Waals surface area contributed by atoms with Gasteiger partial charge in [0.25, 0.3) is 0 Å². The fourth-order valence-corrected chi connectivity index (χ4v) is 3.43. The van der Waals surface area contributed by atoms with Crippen molar-refractivity contribution in [3.05, 3.63) is 96.4 Å². The van der Waals surface area contributed by atoms with Crippen LogP contribution in [0.25, 0.3) is 22.4 Å². The molecule has 1 atom stereocenters. The number of nitrogens with two attached hydrogens (primary N) is 1. The van der Waals surface area contributed by atoms with Crippen molar-refractivity contribution in [1.29, 1.82) is 0 Å². The van der Waals surface area contributed by atoms with E-state index in [1.807, 2.05) is 36.5 Å². The van der Waals surface area contributed by atoms with E-state index in [-0.39, 0.29) is 6.04 Å². The van der Waals surface area contributed by atoms with Crippen LogP contribution in [0.3, 0.4) is 0 Å². The van der Waals surface area contributed by atoms with E-state index in [2.05, 4.69) is 58.6 Å². The van der Waals surface area contributed by atoms with Crippen LogP contribution in [-0.4, -0.2) is 21.5 Å². The Morgan fingerprint density at radius 1 is 0.933 bits per heavy atom. The minimum absolute atomic E-state index is 0.0232. The molecule has 2 aromatic heterocycles. The first-order valence-electron chi connectivity index (χ1n) is 10.1. The zero-order chi connectivity index (χ0) is 20.8. The van der Waals surface area contributed by atoms with Gasteiger partial charge in [-0.05, 0) is 36.6 Å². The number of aryl methyl sites for hydroxylation is 1. The second kappa shape index (κ2) is 9.29. The Hall–Kier alpha value is -3.57. The predicted octanol–water partition coefficient (Wildman–Crippen LogP) is 5.02. The molecule has 5 nitrogen and oxygen atoms in total. The fraction of sp³-hybridized carbons (Fsp3) is 0.160. The summed E-state index contributed by atoms with van der Waals surface area (Å²) < 4.78 is 0. The standard InChI is InChI=1S/C25H25N5/c1-18-6-5-9-21(16-18)22-17-29-25(30-24(22)20-10-13-27-14-11-20)28-15-12-23(26)19-7-3-2-4-8-19/h2-11,13-14,16-17,23H,12,15,26H2,1H3,(H,28,29,30). The molecule has 0 saturated heterocycles. The number of nitrogens with zero attached hydrogens (tertiary/aromatic N) is 3. The van der Waals surface area contributed by atoms with Crippen LogP contribution in [0, 0.1) is 6.92 Å². The minimum Gasteiger partial charge on any atom is -0.354 e. The van der Waals surface area contributed by atoms with Crippen molar-refractivity contribution in [3.8, 4) is 22.4 Å². The van der Waals surface area contributed by atoms with Crippen LogP contribution in [0.1, 0.15) is 23.6 Å². The first-order valence-corrected chi connectivity index (χ1v) is 10.1. The molecule has 2 aromatic carbocycles. The summed E-state index contributed by atoms with van der Waals surface area (Å²) >= 11 is 0. The third-order valence-corrected chi connectivity index (χ3v) is 5.04. The van der Waals surface area contributed by atoms with Crippen LogP contribution < -0.4 is 11.1 Å². The molecule has 0 radical (unpaired) electrons. The Morgan fingerprint density at radius 2 is 1.73 bits per heavy atom. The van der Waals surface area contributed by atoms with Gasteiger partial charge in [0.1, 0.15) is 0 Å². The topological polar surface area (TPSA) is 76.7 Å². The molecule has 5 heteroatoms. The Balaban J connectivity index is 1.56. The van der Waals surface area contributed by atoms with E-state index >= 15 is 0 Å². The molecule has 0 aliphatic rings. The first-order chi connectivity index (χ1) is 14.7. The van der Waals surface area contributed by atoms with Gasteiger partial charge in [-0.25, -0.2) is 9.97 Å². The second-order valence-corrected chi connectivity index (χ2v) is 7.29. The highest BCUT2D eigenvalue weighted by Crippen LogP contribution is 2.31. The van der Waals surface area contributed by atoms with Gasteiger partial charge in [-0.2, -0.15) is 0 Å². The lowest BCUT2D eigenvalue weighted by Gasteiger charge is -2.14. The predicted molar refractivity (Wildman–Crippen MR) is 122 cm³/mol. The van der Waals surface area contributed by atoms with Gasteiger partial charge in [0.15, 0.2) is 0 Å². The summed E-state index contributed by atoms with van der Waals surface area (Å²) in [5.41, 5.74) is 12.6. The summed E-state index contributed by atoms with van der Waals surface area (Å²) in [7, 11) is 0. The lowest BCUT2D eigenvalue weighted by molar-refractivity contribution is 0.673. The average molecular weight is 396 g/mol. The molecule has 4 aromatic rings. The maximum atomic E-state index is 6.31. The Kier molecular flexibility index (Phi) is 6.11. The molecule has 3 N–H and O–H groups in total. The molecular weight excluding hydrogens is 370 g/mol. The van der Waals surface area contributed by atoms with Crippen molar-refractivity contribution in [2.24, 2.45) is 5.73 Å². The van der Waals surface area contributed by atoms with Gasteiger partial charge < -0.3 is 11.1 Å². The van der Waals surface area contributed by atoms with Gasteiger partial charge in [-0.3, -0.25) is 4.98 Å². The third-order valence-electron chi connectivity index (χ3n) is 5.04. The van der Waals surface area contributed by atoms with Crippen molar-refractivity contribution in [3.63, 3.8) is 0 Å². The van der Waals surface area contributed by atoms with E-state index in [1.165, 1.54) is 5.56 Å². The summed E-state index contributed by atoms with van der Waals surface area (Å²) in [5, 5.41) is 3.33. The molecule has 0 amide bonds. The van der Waals surface area contributed by atoms with E-state index in [0.717, 1.165) is 34.4 Å². The van der Waals surface area contributed by atoms with Gasteiger partial charge in [0, 0.05) is 42.3 Å². The summed E-state index contributed by atoms with van der Waals surface area (Å²) in [6.07, 6.45) is 6.24. The molecule has 30 heavy (non-hydrogen) atoms. The molecule has 0 bridgehead atoms. The van der Waals surface area contributed by atoms with E-state index < -0.39 is 0 Å². The van der Waals surface area contributed by atoms with Crippen molar-refractivity contribution in [1.82, 2.24) is 15.0 Å². The van der Waals surface area contributed by atoms with Crippen LogP contribution >= 0.6 is 0 Å². The van der Waals surface area contributed by atoms with Crippen LogP contribution in [-0.2, 0) is 0 Å². The molecule has 150 valence electrons. The largest absolute Gasteiger partial charge is 0.354 e. The summed E-state index contributed by atoms with van der Waals surface area (Å²) in [6.45, 7) is 2.78. The van der Waals surface area contributed by atoms with Gasteiger partial charge in [-0.1, -0.05) is 60.2 Å². The molecule has 0 fully saturated rings. The number of pyridine rings is 1. The van der Waals surface area contributed by atoms with E-state index in [0.29, 0.717) is 12.5 Å². The Morgan fingerprint density at radius 3 is 2.50 bits per heavy atom. The number of hydrogen-bond donors (Lipinski definition) is 2. The van der Waals surface area contributed by atoms with Crippen molar-refractivity contribution in [2.75, 3.05) is 11.9 Å². The molecule has 0 aliphatic carbocycles. The van der Waals surface area contributed by atoms with E-state index in [1.54, 1.807) is 12.4 Å². The molecule has 0 saturated carbocycles. The minimum atomic E-state index is -0.0232. The normalized spacial score (nSPS) is 11.8. The molecule has 4 rings (SSSR count). The quantitative estimate of drug-likeness (QED) is 0.460. The lowest BCUT2D eigenvalue weighted by Crippen LogP contribution is -2.16. The van der Waals surface area contributed by atoms with Gasteiger partial charge >= 0.3 is 0 Å². The van der Waals surface area contributed by atoms with Crippen LogP contribution in [0.4, 0.5) is 5.95 Å². The van der Waals surface area contributed by atoms with Crippen molar-refractivity contribution >= 4 is 5.95 Å². The number of rotatable bonds is 7. The fourth-order valence-electron chi connectivity index (χ4n) is 3.43. The zero-order valence-corrected chi connectivity index (χ0v) is 17.0. The maximum absolute atomic E-state index is 6.31. The van der Waals surface area contributed by atoms with E-state index in [4.69, 9.17) is 10.7 Å². The monoisotopic (exact) mass is 395 g/mol. The number of benzene rings is 2. The highest BCUT2D eigenvalue weighted by atomic mass is 15.1. The van der Waals surface area contributed by atoms with Crippen LogP contribution in [0.2, 0.25) is 0 Å². The smallest absolute Gasteiger partial charge is 0.223 e. The van der Waals surface area contributed by atoms with Crippen LogP contribution in [0.5, 0.6) is 0 Å². The van der Waals surface area contributed by atoms with Gasteiger partial charge in [0.05, 0.1) is 5.69 Å². The summed E-state index contributed by atoms with van der Waals surface area (Å²) in [6, 6.07) is 22.4. The lowest BCUT2D eigenvalue weighted by atomic mass is 10.00. The van der Waals surface area contributed by atoms with Crippen molar-refractivity contribution < 1.29 is 0 Å². The molecule has 0 spiro atoms. The number of aromatic nitrogens is 3. The SMILES string of the molecule is Cc1cccc(-c2cnc(NCCC(N)c3ccccc3)nc2-c2ccncc2)c1.